The molecule has 0 spiro atoms. The summed E-state index contributed by atoms with van der Waals surface area (Å²) < 4.78 is 39.9. The van der Waals surface area contributed by atoms with E-state index in [0.717, 1.165) is 46.4 Å². The molecule has 2 heterocycles. The van der Waals surface area contributed by atoms with Crippen molar-refractivity contribution < 1.29 is 13.2 Å². The van der Waals surface area contributed by atoms with Crippen molar-refractivity contribution in [2.75, 3.05) is 23.0 Å². The first kappa shape index (κ1) is 22.9. The van der Waals surface area contributed by atoms with Gasteiger partial charge in [-0.2, -0.15) is 13.2 Å². The normalized spacial score (nSPS) is 19.2. The van der Waals surface area contributed by atoms with Crippen molar-refractivity contribution in [2.45, 2.75) is 51.7 Å². The molecule has 3 N–H and O–H groups in total. The average molecular weight is 456 g/mol. The van der Waals surface area contributed by atoms with Gasteiger partial charge in [-0.15, -0.1) is 0 Å². The number of aryl methyl sites for hydroxylation is 1. The zero-order valence-corrected chi connectivity index (χ0v) is 19.4. The molecule has 33 heavy (non-hydrogen) atoms. The van der Waals surface area contributed by atoms with Gasteiger partial charge in [0.2, 0.25) is 0 Å². The molecule has 1 aromatic heterocycles. The van der Waals surface area contributed by atoms with E-state index >= 15 is 0 Å². The number of alkyl halides is 3. The molecule has 4 rings (SSSR count). The second-order valence-corrected chi connectivity index (χ2v) is 8.95. The van der Waals surface area contributed by atoms with Gasteiger partial charge in [-0.1, -0.05) is 13.5 Å². The molecule has 1 aliphatic rings. The van der Waals surface area contributed by atoms with Crippen molar-refractivity contribution in [3.8, 4) is 0 Å². The number of allylic oxidation sites excluding steroid dienone is 1. The predicted molar refractivity (Wildman–Crippen MR) is 127 cm³/mol. The van der Waals surface area contributed by atoms with E-state index in [0.29, 0.717) is 17.2 Å². The summed E-state index contributed by atoms with van der Waals surface area (Å²) in [6.07, 6.45) is -3.59. The fraction of sp³-hybridized carbons (Fsp3) is 0.360. The van der Waals surface area contributed by atoms with Crippen molar-refractivity contribution in [1.29, 1.82) is 0 Å². The molecule has 0 saturated heterocycles. The number of hydrogen-bond acceptors (Lipinski definition) is 5. The summed E-state index contributed by atoms with van der Waals surface area (Å²) in [6.45, 7) is 12.2. The minimum atomic E-state index is -4.47. The van der Waals surface area contributed by atoms with E-state index in [1.54, 1.807) is 19.9 Å². The zero-order valence-electron chi connectivity index (χ0n) is 19.4. The minimum Gasteiger partial charge on any atom is -0.399 e. The van der Waals surface area contributed by atoms with Crippen LogP contribution in [-0.2, 0) is 11.6 Å². The van der Waals surface area contributed by atoms with Gasteiger partial charge < -0.3 is 16.0 Å². The lowest BCUT2D eigenvalue weighted by molar-refractivity contribution is -0.137. The number of nitrogen functional groups attached to an aromatic ring is 1. The summed E-state index contributed by atoms with van der Waals surface area (Å²) in [6, 6.07) is 7.26. The molecule has 2 aromatic carbocycles. The van der Waals surface area contributed by atoms with Crippen LogP contribution >= 0.6 is 0 Å². The molecule has 0 saturated carbocycles. The highest BCUT2D eigenvalue weighted by Gasteiger charge is 2.40. The molecule has 8 heteroatoms. The highest BCUT2D eigenvalue weighted by atomic mass is 19.4. The van der Waals surface area contributed by atoms with Crippen LogP contribution in [0.15, 0.2) is 42.6 Å². The first-order valence-electron chi connectivity index (χ1n) is 10.9. The average Bonchev–Trinajstić information content (AvgIpc) is 2.92. The second-order valence-electron chi connectivity index (χ2n) is 8.95. The summed E-state index contributed by atoms with van der Waals surface area (Å²) in [5, 5.41) is 4.11. The molecular weight excluding hydrogens is 427 g/mol. The Morgan fingerprint density at radius 2 is 1.88 bits per heavy atom. The summed E-state index contributed by atoms with van der Waals surface area (Å²) in [5.41, 5.74) is 9.24. The lowest BCUT2D eigenvalue weighted by Crippen LogP contribution is -2.24. The Morgan fingerprint density at radius 1 is 1.18 bits per heavy atom. The molecule has 0 fully saturated rings. The molecule has 0 amide bonds. The third kappa shape index (κ3) is 3.77. The maximum absolute atomic E-state index is 13.3. The third-order valence-corrected chi connectivity index (χ3v) is 6.79. The van der Waals surface area contributed by atoms with Crippen molar-refractivity contribution in [1.82, 2.24) is 9.97 Å². The number of rotatable bonds is 4. The third-order valence-electron chi connectivity index (χ3n) is 6.79. The fourth-order valence-electron chi connectivity index (χ4n) is 4.55. The molecule has 5 nitrogen and oxygen atoms in total. The van der Waals surface area contributed by atoms with Crippen LogP contribution in [0.2, 0.25) is 0 Å². The van der Waals surface area contributed by atoms with Gasteiger partial charge in [0.25, 0.3) is 0 Å². The Labute approximate surface area is 191 Å². The largest absolute Gasteiger partial charge is 0.416 e. The second kappa shape index (κ2) is 7.64. The number of benzene rings is 2. The first-order valence-corrected chi connectivity index (χ1v) is 10.9. The van der Waals surface area contributed by atoms with Crippen LogP contribution in [-0.4, -0.2) is 17.0 Å². The van der Waals surface area contributed by atoms with Crippen LogP contribution in [0.3, 0.4) is 0 Å². The van der Waals surface area contributed by atoms with E-state index in [1.165, 1.54) is 0 Å². The number of nitrogens with zero attached hydrogens (tertiary/aromatic N) is 3. The monoisotopic (exact) mass is 455 g/mol. The van der Waals surface area contributed by atoms with Crippen molar-refractivity contribution in [3.05, 3.63) is 65.1 Å². The topological polar surface area (TPSA) is 67.1 Å². The van der Waals surface area contributed by atoms with Crippen molar-refractivity contribution in [3.63, 3.8) is 0 Å². The van der Waals surface area contributed by atoms with Gasteiger partial charge in [0, 0.05) is 34.9 Å². The fourth-order valence-corrected chi connectivity index (χ4v) is 4.55. The van der Waals surface area contributed by atoms with Crippen LogP contribution in [0.5, 0.6) is 0 Å². The van der Waals surface area contributed by atoms with Crippen LogP contribution in [0.4, 0.5) is 30.4 Å². The molecule has 0 aliphatic carbocycles. The van der Waals surface area contributed by atoms with Crippen molar-refractivity contribution >= 4 is 28.1 Å². The molecule has 0 radical (unpaired) electrons. The molecule has 3 aromatic rings. The number of hydrogen-bond donors (Lipinski definition) is 2. The highest BCUT2D eigenvalue weighted by Crippen LogP contribution is 2.50. The lowest BCUT2D eigenvalue weighted by atomic mass is 9.79. The Bertz CT molecular complexity index is 1270. The Hall–Kier alpha value is -3.29. The number of halogens is 3. The summed E-state index contributed by atoms with van der Waals surface area (Å²) in [5.74, 6) is 1.14. The maximum atomic E-state index is 13.3. The molecule has 1 aliphatic heterocycles. The van der Waals surface area contributed by atoms with Crippen molar-refractivity contribution in [2.24, 2.45) is 0 Å². The van der Waals surface area contributed by atoms with Gasteiger partial charge in [-0.25, -0.2) is 9.97 Å². The van der Waals surface area contributed by atoms with Gasteiger partial charge in [0.1, 0.15) is 11.6 Å². The first-order chi connectivity index (χ1) is 15.3. The summed E-state index contributed by atoms with van der Waals surface area (Å²) >= 11 is 0. The van der Waals surface area contributed by atoms with Gasteiger partial charge in [0.05, 0.1) is 17.1 Å². The number of nitrogens with two attached hydrogens (primary N) is 1. The number of aromatic nitrogens is 2. The molecular formula is C25H28F3N5. The van der Waals surface area contributed by atoms with E-state index in [2.05, 4.69) is 46.7 Å². The standard InChI is InChI=1S/C25H28F3N5/c1-7-24(5)14(3)33(6)22-12-21-19(11-20(22)24)23(32-15(4)31-21)30-13(2)16-8-17(25(26,27)28)10-18(29)9-16/h8-13H,3,7,29H2,1-2,4-6H3,(H,30,31,32)/t13-,24?/m1/s1. The van der Waals surface area contributed by atoms with E-state index in [-0.39, 0.29) is 11.1 Å². The molecule has 1 unspecified atom stereocenters. The van der Waals surface area contributed by atoms with E-state index in [4.69, 9.17) is 5.73 Å². The van der Waals surface area contributed by atoms with Gasteiger partial charge >= 0.3 is 6.18 Å². The number of fused-ring (bicyclic) bond motifs is 2. The smallest absolute Gasteiger partial charge is 0.399 e. The molecule has 174 valence electrons. The summed E-state index contributed by atoms with van der Waals surface area (Å²) in [4.78, 5) is 11.3. The van der Waals surface area contributed by atoms with Crippen LogP contribution < -0.4 is 16.0 Å². The number of likely N-dealkylation sites (N-methyl/N-ethyl adjacent to an activating group) is 1. The Kier molecular flexibility index (Phi) is 5.30. The Morgan fingerprint density at radius 3 is 2.52 bits per heavy atom. The van der Waals surface area contributed by atoms with Gasteiger partial charge in [0.15, 0.2) is 0 Å². The van der Waals surface area contributed by atoms with E-state index in [1.807, 2.05) is 13.1 Å². The zero-order chi connectivity index (χ0) is 24.3. The van der Waals surface area contributed by atoms with Crippen LogP contribution in [0.25, 0.3) is 10.9 Å². The number of nitrogens with one attached hydrogen (secondary N) is 1. The van der Waals surface area contributed by atoms with Gasteiger partial charge in [-0.3, -0.25) is 0 Å². The number of anilines is 3. The molecule has 2 atom stereocenters. The van der Waals surface area contributed by atoms with Gasteiger partial charge in [-0.05, 0) is 68.7 Å². The highest BCUT2D eigenvalue weighted by molar-refractivity contribution is 5.94. The molecule has 0 bridgehead atoms. The summed E-state index contributed by atoms with van der Waals surface area (Å²) in [7, 11) is 2.00. The maximum Gasteiger partial charge on any atom is 0.416 e. The SMILES string of the molecule is C=C1N(C)c2cc3nc(C)nc(N[C@H](C)c4cc(N)cc(C(F)(F)F)c4)c3cc2C1(C)CC. The van der Waals surface area contributed by atoms with E-state index < -0.39 is 17.8 Å². The quantitative estimate of drug-likeness (QED) is 0.449. The lowest BCUT2D eigenvalue weighted by Gasteiger charge is -2.26. The predicted octanol–water partition coefficient (Wildman–Crippen LogP) is 6.34. The van der Waals surface area contributed by atoms with Crippen LogP contribution in [0, 0.1) is 6.92 Å². The van der Waals surface area contributed by atoms with Crippen LogP contribution in [0.1, 0.15) is 55.7 Å². The minimum absolute atomic E-state index is 0.0651. The Balaban J connectivity index is 1.81. The van der Waals surface area contributed by atoms with E-state index in [9.17, 15) is 13.2 Å².